The predicted octanol–water partition coefficient (Wildman–Crippen LogP) is 8.12. The number of furan rings is 2. The molecule has 3 aromatic heterocycles. The van der Waals surface area contributed by atoms with Gasteiger partial charge in [-0.2, -0.15) is 0 Å². The molecule has 0 unspecified atom stereocenters. The number of hydrogen-bond donors (Lipinski definition) is 0. The van der Waals surface area contributed by atoms with E-state index >= 15 is 0 Å². The highest BCUT2D eigenvalue weighted by Crippen LogP contribution is 2.51. The minimum atomic E-state index is 0.816. The van der Waals surface area contributed by atoms with E-state index < -0.39 is 0 Å². The van der Waals surface area contributed by atoms with Crippen molar-refractivity contribution in [2.75, 3.05) is 0 Å². The first-order chi connectivity index (χ1) is 17.2. The summed E-state index contributed by atoms with van der Waals surface area (Å²) in [6.07, 6.45) is 10.5. The molecule has 35 heavy (non-hydrogen) atoms. The Balaban J connectivity index is 1.40. The zero-order valence-corrected chi connectivity index (χ0v) is 20.0. The zero-order valence-electron chi connectivity index (χ0n) is 20.0. The second-order valence-electron chi connectivity index (χ2n) is 10.4. The van der Waals surface area contributed by atoms with Gasteiger partial charge in [0.1, 0.15) is 40.7 Å². The van der Waals surface area contributed by atoms with Gasteiger partial charge < -0.3 is 13.6 Å². The molecule has 4 nitrogen and oxygen atoms in total. The number of pyridine rings is 1. The van der Waals surface area contributed by atoms with Crippen LogP contribution in [0.5, 0.6) is 11.5 Å². The van der Waals surface area contributed by atoms with E-state index in [9.17, 15) is 0 Å². The SMILES string of the molecule is Cc1c2c(cc3ccoc13)Oc1cc3c4ccc(CC5CCCC5)cc4oc3c3cc[n+](C)c-2c13. The van der Waals surface area contributed by atoms with Crippen LogP contribution in [-0.4, -0.2) is 0 Å². The molecule has 6 aromatic rings. The summed E-state index contributed by atoms with van der Waals surface area (Å²) < 4.78 is 21.2. The van der Waals surface area contributed by atoms with Crippen molar-refractivity contribution in [3.05, 3.63) is 66.1 Å². The van der Waals surface area contributed by atoms with Gasteiger partial charge >= 0.3 is 0 Å². The standard InChI is InChI=1S/C31H26NO3/c1-17-27-25(15-20-10-12-33-30(17)20)34-26-16-23-21-8-7-19(13-18-5-3-4-6-18)14-24(21)35-31(23)22-9-11-32(2)29(27)28(22)26/h7-12,14-16,18H,3-6,13H2,1-2H3/q+1. The van der Waals surface area contributed by atoms with Crippen LogP contribution in [0.3, 0.4) is 0 Å². The molecule has 0 atom stereocenters. The van der Waals surface area contributed by atoms with E-state index in [4.69, 9.17) is 13.6 Å². The average Bonchev–Trinajstić information content (AvgIpc) is 3.60. The highest BCUT2D eigenvalue weighted by Gasteiger charge is 2.32. The van der Waals surface area contributed by atoms with Gasteiger partial charge in [0.05, 0.1) is 11.8 Å². The number of benzene rings is 3. The number of rotatable bonds is 2. The largest absolute Gasteiger partial charge is 0.464 e. The minimum Gasteiger partial charge on any atom is -0.464 e. The molecule has 1 saturated carbocycles. The molecular weight excluding hydrogens is 434 g/mol. The summed E-state index contributed by atoms with van der Waals surface area (Å²) in [6, 6.07) is 15.2. The highest BCUT2D eigenvalue weighted by molar-refractivity contribution is 6.20. The van der Waals surface area contributed by atoms with Crippen molar-refractivity contribution in [2.45, 2.75) is 39.0 Å². The molecule has 8 rings (SSSR count). The smallest absolute Gasteiger partial charge is 0.228 e. The normalized spacial score (nSPS) is 15.5. The molecule has 4 heteroatoms. The van der Waals surface area contributed by atoms with Crippen molar-refractivity contribution in [1.29, 1.82) is 0 Å². The Morgan fingerprint density at radius 1 is 0.914 bits per heavy atom. The highest BCUT2D eigenvalue weighted by atomic mass is 16.5. The predicted molar refractivity (Wildman–Crippen MR) is 138 cm³/mol. The Morgan fingerprint density at radius 3 is 2.69 bits per heavy atom. The van der Waals surface area contributed by atoms with Crippen LogP contribution in [0.15, 0.2) is 63.8 Å². The maximum atomic E-state index is 6.60. The summed E-state index contributed by atoms with van der Waals surface area (Å²) in [6.45, 7) is 2.11. The Bertz CT molecular complexity index is 1830. The molecule has 3 aromatic carbocycles. The van der Waals surface area contributed by atoms with E-state index in [0.29, 0.717) is 0 Å². The zero-order chi connectivity index (χ0) is 23.3. The topological polar surface area (TPSA) is 39.4 Å². The molecule has 1 aliphatic heterocycles. The van der Waals surface area contributed by atoms with Gasteiger partial charge in [0.25, 0.3) is 0 Å². The second-order valence-corrected chi connectivity index (χ2v) is 10.4. The third-order valence-corrected chi connectivity index (χ3v) is 8.28. The fourth-order valence-corrected chi connectivity index (χ4v) is 6.59. The summed E-state index contributed by atoms with van der Waals surface area (Å²) in [5, 5.41) is 5.50. The fraction of sp³-hybridized carbons (Fsp3) is 0.258. The van der Waals surface area contributed by atoms with Crippen molar-refractivity contribution >= 4 is 43.7 Å². The molecule has 0 spiro atoms. The van der Waals surface area contributed by atoms with Crippen LogP contribution in [0.1, 0.15) is 36.8 Å². The van der Waals surface area contributed by atoms with Gasteiger partial charge in [-0.15, -0.1) is 0 Å². The van der Waals surface area contributed by atoms with E-state index in [1.54, 1.807) is 6.26 Å². The molecule has 1 fully saturated rings. The quantitative estimate of drug-likeness (QED) is 0.245. The van der Waals surface area contributed by atoms with E-state index in [0.717, 1.165) is 84.3 Å². The van der Waals surface area contributed by atoms with Crippen molar-refractivity contribution in [1.82, 2.24) is 0 Å². The summed E-state index contributed by atoms with van der Waals surface area (Å²) in [4.78, 5) is 0. The third-order valence-electron chi connectivity index (χ3n) is 8.28. The van der Waals surface area contributed by atoms with Crippen LogP contribution in [-0.2, 0) is 13.5 Å². The van der Waals surface area contributed by atoms with Gasteiger partial charge in [-0.05, 0) is 49.1 Å². The number of fused-ring (bicyclic) bond motifs is 7. The molecule has 0 N–H and O–H groups in total. The van der Waals surface area contributed by atoms with Crippen molar-refractivity contribution in [2.24, 2.45) is 13.0 Å². The molecule has 2 aliphatic rings. The maximum absolute atomic E-state index is 6.60. The lowest BCUT2D eigenvalue weighted by molar-refractivity contribution is -0.659. The summed E-state index contributed by atoms with van der Waals surface area (Å²) in [5.74, 6) is 2.57. The van der Waals surface area contributed by atoms with E-state index in [2.05, 4.69) is 61.1 Å². The van der Waals surface area contributed by atoms with Crippen LogP contribution >= 0.6 is 0 Å². The molecular formula is C31H26NO3+. The molecule has 172 valence electrons. The first-order valence-electron chi connectivity index (χ1n) is 12.7. The Kier molecular flexibility index (Phi) is 3.83. The lowest BCUT2D eigenvalue weighted by Gasteiger charge is -2.20. The van der Waals surface area contributed by atoms with Crippen LogP contribution in [0, 0.1) is 12.8 Å². The average molecular weight is 461 g/mol. The number of aromatic nitrogens is 1. The molecule has 0 radical (unpaired) electrons. The van der Waals surface area contributed by atoms with E-state index in [1.165, 1.54) is 31.2 Å². The molecule has 0 saturated heterocycles. The van der Waals surface area contributed by atoms with Crippen LogP contribution < -0.4 is 9.30 Å². The monoisotopic (exact) mass is 460 g/mol. The lowest BCUT2D eigenvalue weighted by atomic mass is 9.93. The van der Waals surface area contributed by atoms with Crippen LogP contribution in [0.2, 0.25) is 0 Å². The number of ether oxygens (including phenoxy) is 1. The summed E-state index contributed by atoms with van der Waals surface area (Å²) >= 11 is 0. The fourth-order valence-electron chi connectivity index (χ4n) is 6.59. The van der Waals surface area contributed by atoms with Crippen molar-refractivity contribution < 1.29 is 18.1 Å². The van der Waals surface area contributed by atoms with Crippen molar-refractivity contribution in [3.8, 4) is 22.8 Å². The van der Waals surface area contributed by atoms with Gasteiger partial charge in [-0.1, -0.05) is 37.8 Å². The maximum Gasteiger partial charge on any atom is 0.228 e. The molecule has 4 heterocycles. The summed E-state index contributed by atoms with van der Waals surface area (Å²) in [7, 11) is 2.09. The Labute approximate surface area is 202 Å². The van der Waals surface area contributed by atoms with Gasteiger partial charge in [-0.25, -0.2) is 4.57 Å². The number of hydrogen-bond acceptors (Lipinski definition) is 3. The van der Waals surface area contributed by atoms with Gasteiger partial charge in [0.2, 0.25) is 5.69 Å². The molecule has 0 bridgehead atoms. The second kappa shape index (κ2) is 6.88. The summed E-state index contributed by atoms with van der Waals surface area (Å²) in [5.41, 5.74) is 7.51. The van der Waals surface area contributed by atoms with Crippen LogP contribution in [0.4, 0.5) is 0 Å². The Hall–Kier alpha value is -3.79. The Morgan fingerprint density at radius 2 is 1.80 bits per heavy atom. The lowest BCUT2D eigenvalue weighted by Crippen LogP contribution is -2.31. The first kappa shape index (κ1) is 19.5. The number of aryl methyl sites for hydroxylation is 2. The van der Waals surface area contributed by atoms with Gasteiger partial charge in [0, 0.05) is 33.2 Å². The van der Waals surface area contributed by atoms with Gasteiger partial charge in [0.15, 0.2) is 6.20 Å². The van der Waals surface area contributed by atoms with Crippen LogP contribution in [0.25, 0.3) is 54.9 Å². The molecule has 0 amide bonds. The van der Waals surface area contributed by atoms with E-state index in [-0.39, 0.29) is 0 Å². The first-order valence-corrected chi connectivity index (χ1v) is 12.7. The van der Waals surface area contributed by atoms with Gasteiger partial charge in [-0.3, -0.25) is 0 Å². The van der Waals surface area contributed by atoms with Crippen molar-refractivity contribution in [3.63, 3.8) is 0 Å². The third kappa shape index (κ3) is 2.65. The van der Waals surface area contributed by atoms with E-state index in [1.807, 2.05) is 6.07 Å². The molecule has 1 aliphatic carbocycles. The number of nitrogens with zero attached hydrogens (tertiary/aromatic N) is 1. The minimum absolute atomic E-state index is 0.816.